The third-order valence-corrected chi connectivity index (χ3v) is 2.94. The Morgan fingerprint density at radius 3 is 2.83 bits per heavy atom. The topological polar surface area (TPSA) is 64.4 Å². The summed E-state index contributed by atoms with van der Waals surface area (Å²) < 4.78 is 7.20. The summed E-state index contributed by atoms with van der Waals surface area (Å²) in [4.78, 5) is 15.2. The van der Waals surface area contributed by atoms with Crippen LogP contribution in [0.25, 0.3) is 11.0 Å². The normalized spacial score (nSPS) is 11.9. The Kier molecular flexibility index (Phi) is 3.09. The number of ether oxygens (including phenoxy) is 1. The zero-order chi connectivity index (χ0) is 13.3. The second-order valence-electron chi connectivity index (χ2n) is 4.87. The van der Waals surface area contributed by atoms with Crippen LogP contribution in [0.15, 0.2) is 24.5 Å². The highest BCUT2D eigenvalue weighted by molar-refractivity contribution is 5.92. The molecule has 5 nitrogen and oxygen atoms in total. The van der Waals surface area contributed by atoms with Gasteiger partial charge in [-0.05, 0) is 32.0 Å². The predicted octanol–water partition coefficient (Wildman–Crippen LogP) is 2.12. The summed E-state index contributed by atoms with van der Waals surface area (Å²) in [7, 11) is 1.66. The van der Waals surface area contributed by atoms with E-state index in [1.54, 1.807) is 31.6 Å². The van der Waals surface area contributed by atoms with Gasteiger partial charge in [-0.1, -0.05) is 0 Å². The lowest BCUT2D eigenvalue weighted by molar-refractivity contribution is 0.0697. The van der Waals surface area contributed by atoms with Gasteiger partial charge in [0.2, 0.25) is 0 Å². The minimum Gasteiger partial charge on any atom is -0.478 e. The monoisotopic (exact) mass is 248 g/mol. The summed E-state index contributed by atoms with van der Waals surface area (Å²) >= 11 is 0. The second-order valence-corrected chi connectivity index (χ2v) is 4.87. The maximum atomic E-state index is 10.9. The van der Waals surface area contributed by atoms with Crippen LogP contribution >= 0.6 is 0 Å². The van der Waals surface area contributed by atoms with Crippen molar-refractivity contribution in [2.24, 2.45) is 0 Å². The first-order valence-corrected chi connectivity index (χ1v) is 5.65. The number of hydrogen-bond donors (Lipinski definition) is 1. The number of hydrogen-bond acceptors (Lipinski definition) is 3. The number of nitrogens with zero attached hydrogens (tertiary/aromatic N) is 2. The molecule has 1 aromatic heterocycles. The van der Waals surface area contributed by atoms with Gasteiger partial charge in [0, 0.05) is 7.11 Å². The van der Waals surface area contributed by atoms with Gasteiger partial charge in [-0.2, -0.15) is 0 Å². The third kappa shape index (κ3) is 2.09. The van der Waals surface area contributed by atoms with E-state index in [2.05, 4.69) is 4.98 Å². The number of aromatic nitrogens is 2. The van der Waals surface area contributed by atoms with Crippen LogP contribution in [-0.2, 0) is 10.3 Å². The zero-order valence-electron chi connectivity index (χ0n) is 10.7. The SMILES string of the molecule is COCC(C)(C)n1cnc2cc(C(=O)O)ccc21. The zero-order valence-corrected chi connectivity index (χ0v) is 10.7. The molecule has 0 fully saturated rings. The minimum absolute atomic E-state index is 0.228. The van der Waals surface area contributed by atoms with E-state index >= 15 is 0 Å². The van der Waals surface area contributed by atoms with Gasteiger partial charge in [0.1, 0.15) is 0 Å². The number of aromatic carboxylic acids is 1. The summed E-state index contributed by atoms with van der Waals surface area (Å²) in [6, 6.07) is 4.95. The van der Waals surface area contributed by atoms with Gasteiger partial charge >= 0.3 is 5.97 Å². The van der Waals surface area contributed by atoms with Crippen molar-refractivity contribution in [1.82, 2.24) is 9.55 Å². The first-order valence-electron chi connectivity index (χ1n) is 5.65. The Balaban J connectivity index is 2.52. The van der Waals surface area contributed by atoms with Crippen LogP contribution in [0.4, 0.5) is 0 Å². The average Bonchev–Trinajstić information content (AvgIpc) is 2.71. The Morgan fingerprint density at radius 2 is 2.22 bits per heavy atom. The van der Waals surface area contributed by atoms with Gasteiger partial charge in [0.05, 0.1) is 35.1 Å². The van der Waals surface area contributed by atoms with E-state index in [-0.39, 0.29) is 11.1 Å². The molecule has 1 N–H and O–H groups in total. The van der Waals surface area contributed by atoms with E-state index in [0.717, 1.165) is 5.52 Å². The molecule has 0 aliphatic carbocycles. The highest BCUT2D eigenvalue weighted by Gasteiger charge is 2.22. The molecule has 0 atom stereocenters. The number of benzene rings is 1. The molecule has 0 aliphatic heterocycles. The first-order chi connectivity index (χ1) is 8.45. The lowest BCUT2D eigenvalue weighted by Gasteiger charge is -2.26. The van der Waals surface area contributed by atoms with Crippen molar-refractivity contribution < 1.29 is 14.6 Å². The molecule has 0 bridgehead atoms. The van der Waals surface area contributed by atoms with Crippen LogP contribution in [0.1, 0.15) is 24.2 Å². The Hall–Kier alpha value is -1.88. The largest absolute Gasteiger partial charge is 0.478 e. The van der Waals surface area contributed by atoms with Gasteiger partial charge in [0.25, 0.3) is 0 Å². The fourth-order valence-corrected chi connectivity index (χ4v) is 2.05. The maximum absolute atomic E-state index is 10.9. The lowest BCUT2D eigenvalue weighted by Crippen LogP contribution is -2.30. The number of imidazole rings is 1. The van der Waals surface area contributed by atoms with Gasteiger partial charge < -0.3 is 14.4 Å². The Labute approximate surface area is 105 Å². The molecule has 0 amide bonds. The third-order valence-electron chi connectivity index (χ3n) is 2.94. The van der Waals surface area contributed by atoms with E-state index in [1.165, 1.54) is 0 Å². The molecule has 1 aromatic carbocycles. The maximum Gasteiger partial charge on any atom is 0.335 e. The summed E-state index contributed by atoms with van der Waals surface area (Å²) in [5.74, 6) is -0.942. The molecule has 2 aromatic rings. The van der Waals surface area contributed by atoms with Crippen molar-refractivity contribution in [2.75, 3.05) is 13.7 Å². The highest BCUT2D eigenvalue weighted by atomic mass is 16.5. The van der Waals surface area contributed by atoms with Crippen LogP contribution in [-0.4, -0.2) is 34.3 Å². The molecule has 18 heavy (non-hydrogen) atoms. The van der Waals surface area contributed by atoms with E-state index < -0.39 is 5.97 Å². The minimum atomic E-state index is -0.942. The summed E-state index contributed by atoms with van der Waals surface area (Å²) in [5, 5.41) is 8.94. The summed E-state index contributed by atoms with van der Waals surface area (Å²) in [5.41, 5.74) is 1.60. The first kappa shape index (κ1) is 12.6. The molecule has 2 rings (SSSR count). The fourth-order valence-electron chi connectivity index (χ4n) is 2.05. The van der Waals surface area contributed by atoms with Gasteiger partial charge in [-0.3, -0.25) is 0 Å². The number of carbonyl (C=O) groups is 1. The number of carboxylic acids is 1. The van der Waals surface area contributed by atoms with Crippen LogP contribution < -0.4 is 0 Å². The molecule has 0 aliphatic rings. The molecule has 96 valence electrons. The van der Waals surface area contributed by atoms with Gasteiger partial charge in [-0.15, -0.1) is 0 Å². The summed E-state index contributed by atoms with van der Waals surface area (Å²) in [6.45, 7) is 4.64. The van der Waals surface area contributed by atoms with Crippen LogP contribution in [0, 0.1) is 0 Å². The molecule has 0 spiro atoms. The molecule has 0 saturated carbocycles. The quantitative estimate of drug-likeness (QED) is 0.900. The van der Waals surface area contributed by atoms with Crippen molar-refractivity contribution in [3.05, 3.63) is 30.1 Å². The molecule has 0 radical (unpaired) electrons. The Morgan fingerprint density at radius 1 is 1.50 bits per heavy atom. The molecular formula is C13H16N2O3. The standard InChI is InChI=1S/C13H16N2O3/c1-13(2,7-18-3)15-8-14-10-6-9(12(16)17)4-5-11(10)15/h4-6,8H,7H2,1-3H3,(H,16,17). The van der Waals surface area contributed by atoms with Crippen molar-refractivity contribution in [1.29, 1.82) is 0 Å². The molecular weight excluding hydrogens is 232 g/mol. The smallest absolute Gasteiger partial charge is 0.335 e. The Bertz CT molecular complexity index is 587. The number of methoxy groups -OCH3 is 1. The number of fused-ring (bicyclic) bond motifs is 1. The van der Waals surface area contributed by atoms with Crippen LogP contribution in [0.5, 0.6) is 0 Å². The highest BCUT2D eigenvalue weighted by Crippen LogP contribution is 2.23. The van der Waals surface area contributed by atoms with Crippen molar-refractivity contribution in [3.8, 4) is 0 Å². The van der Waals surface area contributed by atoms with E-state index in [4.69, 9.17) is 9.84 Å². The number of carboxylic acid groups (broad SMARTS) is 1. The molecule has 5 heteroatoms. The van der Waals surface area contributed by atoms with Gasteiger partial charge in [-0.25, -0.2) is 9.78 Å². The summed E-state index contributed by atoms with van der Waals surface area (Å²) in [6.07, 6.45) is 1.72. The number of rotatable bonds is 4. The molecule has 0 unspecified atom stereocenters. The second kappa shape index (κ2) is 4.42. The van der Waals surface area contributed by atoms with Crippen LogP contribution in [0.2, 0.25) is 0 Å². The van der Waals surface area contributed by atoms with Crippen molar-refractivity contribution in [3.63, 3.8) is 0 Å². The van der Waals surface area contributed by atoms with Crippen molar-refractivity contribution >= 4 is 17.0 Å². The van der Waals surface area contributed by atoms with Crippen LogP contribution in [0.3, 0.4) is 0 Å². The fraction of sp³-hybridized carbons (Fsp3) is 0.385. The van der Waals surface area contributed by atoms with E-state index in [0.29, 0.717) is 12.1 Å². The molecule has 1 heterocycles. The van der Waals surface area contributed by atoms with E-state index in [1.807, 2.05) is 18.4 Å². The van der Waals surface area contributed by atoms with Crippen molar-refractivity contribution in [2.45, 2.75) is 19.4 Å². The average molecular weight is 248 g/mol. The lowest BCUT2D eigenvalue weighted by atomic mass is 10.1. The van der Waals surface area contributed by atoms with E-state index in [9.17, 15) is 4.79 Å². The van der Waals surface area contributed by atoms with Gasteiger partial charge in [0.15, 0.2) is 0 Å². The molecule has 0 saturated heterocycles. The predicted molar refractivity (Wildman–Crippen MR) is 67.9 cm³/mol.